The SMILES string of the molecule is CCOC(=O)C(N)C1CCC(O)CC1. The minimum atomic E-state index is -0.512. The van der Waals surface area contributed by atoms with Crippen molar-refractivity contribution in [1.82, 2.24) is 0 Å². The molecule has 0 spiro atoms. The highest BCUT2D eigenvalue weighted by Crippen LogP contribution is 2.26. The maximum Gasteiger partial charge on any atom is 0.323 e. The Morgan fingerprint density at radius 3 is 2.57 bits per heavy atom. The van der Waals surface area contributed by atoms with E-state index in [2.05, 4.69) is 0 Å². The molecule has 4 nitrogen and oxygen atoms in total. The lowest BCUT2D eigenvalue weighted by Crippen LogP contribution is -2.41. The zero-order valence-corrected chi connectivity index (χ0v) is 8.61. The van der Waals surface area contributed by atoms with Gasteiger partial charge in [-0.05, 0) is 38.5 Å². The summed E-state index contributed by atoms with van der Waals surface area (Å²) in [6.07, 6.45) is 2.93. The molecule has 0 saturated heterocycles. The van der Waals surface area contributed by atoms with Gasteiger partial charge < -0.3 is 15.6 Å². The van der Waals surface area contributed by atoms with Crippen LogP contribution < -0.4 is 5.73 Å². The molecule has 0 aromatic heterocycles. The molecule has 14 heavy (non-hydrogen) atoms. The summed E-state index contributed by atoms with van der Waals surface area (Å²) in [6, 6.07) is -0.512. The number of ether oxygens (including phenoxy) is 1. The fraction of sp³-hybridized carbons (Fsp3) is 0.900. The largest absolute Gasteiger partial charge is 0.465 e. The van der Waals surface area contributed by atoms with Crippen LogP contribution in [-0.4, -0.2) is 29.8 Å². The van der Waals surface area contributed by atoms with E-state index in [0.717, 1.165) is 25.7 Å². The molecule has 3 N–H and O–H groups in total. The first-order valence-corrected chi connectivity index (χ1v) is 5.25. The zero-order chi connectivity index (χ0) is 10.6. The summed E-state index contributed by atoms with van der Waals surface area (Å²) in [5.74, 6) is -0.133. The third-order valence-electron chi connectivity index (χ3n) is 2.81. The van der Waals surface area contributed by atoms with Gasteiger partial charge in [0.15, 0.2) is 0 Å². The van der Waals surface area contributed by atoms with Crippen molar-refractivity contribution in [2.45, 2.75) is 44.8 Å². The molecule has 1 saturated carbocycles. The third-order valence-corrected chi connectivity index (χ3v) is 2.81. The van der Waals surface area contributed by atoms with Crippen LogP contribution in [0.15, 0.2) is 0 Å². The van der Waals surface area contributed by atoms with E-state index in [1.165, 1.54) is 0 Å². The van der Waals surface area contributed by atoms with Gasteiger partial charge in [-0.3, -0.25) is 4.79 Å². The maximum atomic E-state index is 11.3. The van der Waals surface area contributed by atoms with Crippen molar-refractivity contribution in [3.8, 4) is 0 Å². The molecule has 0 amide bonds. The van der Waals surface area contributed by atoms with Gasteiger partial charge in [0.25, 0.3) is 0 Å². The number of nitrogens with two attached hydrogens (primary N) is 1. The van der Waals surface area contributed by atoms with Gasteiger partial charge in [0.1, 0.15) is 6.04 Å². The first-order chi connectivity index (χ1) is 6.65. The molecule has 0 bridgehead atoms. The van der Waals surface area contributed by atoms with E-state index in [-0.39, 0.29) is 18.0 Å². The van der Waals surface area contributed by atoms with Crippen LogP contribution in [0.25, 0.3) is 0 Å². The number of carbonyl (C=O) groups excluding carboxylic acids is 1. The standard InChI is InChI=1S/C10H19NO3/c1-2-14-10(13)9(11)7-3-5-8(12)6-4-7/h7-9,12H,2-6,11H2,1H3. The van der Waals surface area contributed by atoms with Crippen molar-refractivity contribution in [3.05, 3.63) is 0 Å². The van der Waals surface area contributed by atoms with Crippen LogP contribution in [0.3, 0.4) is 0 Å². The molecular formula is C10H19NO3. The summed E-state index contributed by atoms with van der Waals surface area (Å²) >= 11 is 0. The Labute approximate surface area is 84.4 Å². The van der Waals surface area contributed by atoms with E-state index in [1.807, 2.05) is 0 Å². The molecule has 82 valence electrons. The lowest BCUT2D eigenvalue weighted by molar-refractivity contribution is -0.146. The number of aliphatic hydroxyl groups is 1. The Balaban J connectivity index is 2.37. The molecule has 1 atom stereocenters. The van der Waals surface area contributed by atoms with E-state index in [1.54, 1.807) is 6.92 Å². The molecule has 1 aliphatic rings. The first-order valence-electron chi connectivity index (χ1n) is 5.25. The van der Waals surface area contributed by atoms with Gasteiger partial charge in [-0.2, -0.15) is 0 Å². The summed E-state index contributed by atoms with van der Waals surface area (Å²) in [4.78, 5) is 11.3. The Hall–Kier alpha value is -0.610. The van der Waals surface area contributed by atoms with Crippen molar-refractivity contribution in [2.75, 3.05) is 6.61 Å². The molecule has 1 rings (SSSR count). The summed E-state index contributed by atoms with van der Waals surface area (Å²) in [5, 5.41) is 9.29. The normalized spacial score (nSPS) is 29.6. The zero-order valence-electron chi connectivity index (χ0n) is 8.61. The smallest absolute Gasteiger partial charge is 0.323 e. The van der Waals surface area contributed by atoms with E-state index >= 15 is 0 Å². The average Bonchev–Trinajstić information content (AvgIpc) is 2.18. The molecule has 1 unspecified atom stereocenters. The van der Waals surface area contributed by atoms with E-state index < -0.39 is 6.04 Å². The van der Waals surface area contributed by atoms with Crippen molar-refractivity contribution in [1.29, 1.82) is 0 Å². The van der Waals surface area contributed by atoms with Crippen molar-refractivity contribution < 1.29 is 14.6 Å². The van der Waals surface area contributed by atoms with Gasteiger partial charge in [-0.25, -0.2) is 0 Å². The summed E-state index contributed by atoms with van der Waals surface area (Å²) in [6.45, 7) is 2.15. The highest BCUT2D eigenvalue weighted by molar-refractivity contribution is 5.75. The van der Waals surface area contributed by atoms with Crippen LogP contribution in [-0.2, 0) is 9.53 Å². The summed E-state index contributed by atoms with van der Waals surface area (Å²) < 4.78 is 4.86. The minimum absolute atomic E-state index is 0.178. The highest BCUT2D eigenvalue weighted by atomic mass is 16.5. The van der Waals surface area contributed by atoms with Crippen LogP contribution in [0, 0.1) is 5.92 Å². The van der Waals surface area contributed by atoms with Crippen LogP contribution in [0.4, 0.5) is 0 Å². The topological polar surface area (TPSA) is 72.5 Å². The fourth-order valence-corrected chi connectivity index (χ4v) is 1.89. The molecule has 1 fully saturated rings. The molecule has 4 heteroatoms. The maximum absolute atomic E-state index is 11.3. The number of carbonyl (C=O) groups is 1. The predicted molar refractivity (Wildman–Crippen MR) is 52.6 cm³/mol. The molecule has 0 aromatic rings. The second-order valence-corrected chi connectivity index (χ2v) is 3.85. The Kier molecular flexibility index (Phi) is 4.35. The molecule has 0 heterocycles. The number of esters is 1. The minimum Gasteiger partial charge on any atom is -0.465 e. The Bertz CT molecular complexity index is 188. The van der Waals surface area contributed by atoms with Crippen LogP contribution in [0.5, 0.6) is 0 Å². The van der Waals surface area contributed by atoms with E-state index in [0.29, 0.717) is 6.61 Å². The first kappa shape index (κ1) is 11.5. The molecule has 1 aliphatic carbocycles. The Morgan fingerprint density at radius 2 is 2.07 bits per heavy atom. The van der Waals surface area contributed by atoms with Crippen LogP contribution in [0.2, 0.25) is 0 Å². The second kappa shape index (κ2) is 5.32. The number of rotatable bonds is 3. The van der Waals surface area contributed by atoms with Gasteiger partial charge in [0, 0.05) is 0 Å². The fourth-order valence-electron chi connectivity index (χ4n) is 1.89. The Morgan fingerprint density at radius 1 is 1.50 bits per heavy atom. The molecule has 0 aromatic carbocycles. The lowest BCUT2D eigenvalue weighted by atomic mass is 9.83. The predicted octanol–water partition coefficient (Wildman–Crippen LogP) is 0.428. The summed E-state index contributed by atoms with van der Waals surface area (Å²) in [7, 11) is 0. The quantitative estimate of drug-likeness (QED) is 0.649. The van der Waals surface area contributed by atoms with Gasteiger partial charge in [-0.1, -0.05) is 0 Å². The van der Waals surface area contributed by atoms with Gasteiger partial charge in [0.05, 0.1) is 12.7 Å². The van der Waals surface area contributed by atoms with E-state index in [9.17, 15) is 9.90 Å². The molecule has 0 aliphatic heterocycles. The van der Waals surface area contributed by atoms with Crippen molar-refractivity contribution in [3.63, 3.8) is 0 Å². The molecule has 0 radical (unpaired) electrons. The number of aliphatic hydroxyl groups excluding tert-OH is 1. The van der Waals surface area contributed by atoms with Crippen LogP contribution in [0.1, 0.15) is 32.6 Å². The lowest BCUT2D eigenvalue weighted by Gasteiger charge is -2.28. The van der Waals surface area contributed by atoms with Gasteiger partial charge in [0.2, 0.25) is 0 Å². The highest BCUT2D eigenvalue weighted by Gasteiger charge is 2.29. The average molecular weight is 201 g/mol. The number of hydrogen-bond donors (Lipinski definition) is 2. The summed E-state index contributed by atoms with van der Waals surface area (Å²) in [5.41, 5.74) is 5.77. The van der Waals surface area contributed by atoms with Crippen LogP contribution >= 0.6 is 0 Å². The van der Waals surface area contributed by atoms with Crippen molar-refractivity contribution in [2.24, 2.45) is 11.7 Å². The monoisotopic (exact) mass is 201 g/mol. The third kappa shape index (κ3) is 2.96. The number of hydrogen-bond acceptors (Lipinski definition) is 4. The van der Waals surface area contributed by atoms with Gasteiger partial charge >= 0.3 is 5.97 Å². The van der Waals surface area contributed by atoms with Gasteiger partial charge in [-0.15, -0.1) is 0 Å². The second-order valence-electron chi connectivity index (χ2n) is 3.85. The molecular weight excluding hydrogens is 182 g/mol. The van der Waals surface area contributed by atoms with E-state index in [4.69, 9.17) is 10.5 Å². The van der Waals surface area contributed by atoms with Crippen molar-refractivity contribution >= 4 is 5.97 Å².